The number of nitrogens with zero attached hydrogens (tertiary/aromatic N) is 1. The van der Waals surface area contributed by atoms with Crippen molar-refractivity contribution < 1.29 is 5.11 Å². The highest BCUT2D eigenvalue weighted by Gasteiger charge is 2.12. The van der Waals surface area contributed by atoms with Crippen molar-refractivity contribution in [1.82, 2.24) is 4.98 Å². The van der Waals surface area contributed by atoms with Crippen LogP contribution in [0.5, 0.6) is 0 Å². The van der Waals surface area contributed by atoms with Crippen LogP contribution < -0.4 is 0 Å². The lowest BCUT2D eigenvalue weighted by atomic mass is 10.0. The van der Waals surface area contributed by atoms with E-state index in [0.717, 1.165) is 22.0 Å². The first-order valence-corrected chi connectivity index (χ1v) is 7.94. The van der Waals surface area contributed by atoms with Crippen molar-refractivity contribution in [2.75, 3.05) is 0 Å². The standard InChI is InChI=1S/C15H12INOS/c16-15-8-11(9-19-15)14(18)7-10-5-6-17-13-4-2-1-3-12(10)13/h1-6,8-9,14,18H,7H2. The van der Waals surface area contributed by atoms with Crippen molar-refractivity contribution in [1.29, 1.82) is 0 Å². The summed E-state index contributed by atoms with van der Waals surface area (Å²) in [4.78, 5) is 4.35. The summed E-state index contributed by atoms with van der Waals surface area (Å²) in [5, 5.41) is 13.5. The minimum Gasteiger partial charge on any atom is -0.388 e. The van der Waals surface area contributed by atoms with E-state index in [9.17, 15) is 5.11 Å². The van der Waals surface area contributed by atoms with Crippen LogP contribution in [0.2, 0.25) is 0 Å². The molecular weight excluding hydrogens is 369 g/mol. The largest absolute Gasteiger partial charge is 0.388 e. The van der Waals surface area contributed by atoms with Crippen LogP contribution in [0.15, 0.2) is 48.0 Å². The van der Waals surface area contributed by atoms with Crippen LogP contribution in [0.3, 0.4) is 0 Å². The zero-order valence-corrected chi connectivity index (χ0v) is 13.1. The topological polar surface area (TPSA) is 33.1 Å². The molecule has 2 heterocycles. The van der Waals surface area contributed by atoms with Gasteiger partial charge in [-0.1, -0.05) is 18.2 Å². The second-order valence-corrected chi connectivity index (χ2v) is 7.20. The fourth-order valence-electron chi connectivity index (χ4n) is 2.16. The molecule has 3 rings (SSSR count). The summed E-state index contributed by atoms with van der Waals surface area (Å²) in [6.45, 7) is 0. The predicted molar refractivity (Wildman–Crippen MR) is 87.4 cm³/mol. The quantitative estimate of drug-likeness (QED) is 0.691. The third-order valence-corrected chi connectivity index (χ3v) is 4.93. The molecule has 0 radical (unpaired) electrons. The lowest BCUT2D eigenvalue weighted by Crippen LogP contribution is -2.01. The summed E-state index contributed by atoms with van der Waals surface area (Å²) >= 11 is 3.94. The lowest BCUT2D eigenvalue weighted by molar-refractivity contribution is 0.179. The highest BCUT2D eigenvalue weighted by molar-refractivity contribution is 14.1. The highest BCUT2D eigenvalue weighted by atomic mass is 127. The summed E-state index contributed by atoms with van der Waals surface area (Å²) < 4.78 is 1.20. The van der Waals surface area contributed by atoms with E-state index in [2.05, 4.69) is 33.6 Å². The number of aromatic nitrogens is 1. The van der Waals surface area contributed by atoms with Gasteiger partial charge >= 0.3 is 0 Å². The number of hydrogen-bond acceptors (Lipinski definition) is 3. The molecular formula is C15H12INOS. The van der Waals surface area contributed by atoms with Gasteiger partial charge in [-0.25, -0.2) is 0 Å². The molecule has 2 nitrogen and oxygen atoms in total. The Kier molecular flexibility index (Phi) is 3.81. The van der Waals surface area contributed by atoms with Crippen LogP contribution in [0.4, 0.5) is 0 Å². The molecule has 1 N–H and O–H groups in total. The van der Waals surface area contributed by atoms with Crippen molar-refractivity contribution >= 4 is 44.8 Å². The molecule has 0 aliphatic heterocycles. The highest BCUT2D eigenvalue weighted by Crippen LogP contribution is 2.27. The van der Waals surface area contributed by atoms with Crippen LogP contribution >= 0.6 is 33.9 Å². The summed E-state index contributed by atoms with van der Waals surface area (Å²) in [6, 6.07) is 12.1. The molecule has 19 heavy (non-hydrogen) atoms. The number of thiophene rings is 1. The van der Waals surface area contributed by atoms with E-state index in [4.69, 9.17) is 0 Å². The van der Waals surface area contributed by atoms with Crippen molar-refractivity contribution in [3.05, 3.63) is 62.0 Å². The molecule has 0 aliphatic rings. The molecule has 0 amide bonds. The van der Waals surface area contributed by atoms with E-state index in [1.54, 1.807) is 11.3 Å². The fraction of sp³-hybridized carbons (Fsp3) is 0.133. The van der Waals surface area contributed by atoms with Crippen molar-refractivity contribution in [3.63, 3.8) is 0 Å². The van der Waals surface area contributed by atoms with Gasteiger partial charge in [0.2, 0.25) is 0 Å². The van der Waals surface area contributed by atoms with Crippen LogP contribution in [0.1, 0.15) is 17.2 Å². The molecule has 1 atom stereocenters. The van der Waals surface area contributed by atoms with Gasteiger partial charge in [0, 0.05) is 18.0 Å². The monoisotopic (exact) mass is 381 g/mol. The van der Waals surface area contributed by atoms with Crippen molar-refractivity contribution in [3.8, 4) is 0 Å². The van der Waals surface area contributed by atoms with E-state index in [-0.39, 0.29) is 0 Å². The maximum absolute atomic E-state index is 10.3. The zero-order valence-electron chi connectivity index (χ0n) is 10.1. The molecule has 1 aromatic carbocycles. The normalized spacial score (nSPS) is 12.7. The third kappa shape index (κ3) is 2.80. The Morgan fingerprint density at radius 2 is 2.11 bits per heavy atom. The number of aliphatic hydroxyl groups is 1. The zero-order chi connectivity index (χ0) is 13.2. The molecule has 0 bridgehead atoms. The van der Waals surface area contributed by atoms with Crippen LogP contribution in [-0.4, -0.2) is 10.1 Å². The molecule has 1 unspecified atom stereocenters. The number of hydrogen-bond donors (Lipinski definition) is 1. The summed E-state index contributed by atoms with van der Waals surface area (Å²) in [6.07, 6.45) is 1.98. The van der Waals surface area contributed by atoms with Crippen LogP contribution in [0.25, 0.3) is 10.9 Å². The number of pyridine rings is 1. The number of rotatable bonds is 3. The molecule has 0 spiro atoms. The average molecular weight is 381 g/mol. The van der Waals surface area contributed by atoms with Gasteiger partial charge in [0.05, 0.1) is 14.5 Å². The minimum atomic E-state index is -0.453. The number of fused-ring (bicyclic) bond motifs is 1. The first-order chi connectivity index (χ1) is 9.24. The Morgan fingerprint density at radius 3 is 2.89 bits per heavy atom. The predicted octanol–water partition coefficient (Wildman–Crippen LogP) is 4.18. The number of halogens is 1. The molecule has 0 saturated carbocycles. The Bertz CT molecular complexity index is 705. The van der Waals surface area contributed by atoms with E-state index in [1.807, 2.05) is 41.9 Å². The summed E-state index contributed by atoms with van der Waals surface area (Å²) in [7, 11) is 0. The van der Waals surface area contributed by atoms with Gasteiger partial charge in [0.1, 0.15) is 0 Å². The maximum atomic E-state index is 10.3. The third-order valence-electron chi connectivity index (χ3n) is 3.13. The fourth-order valence-corrected chi connectivity index (χ4v) is 3.58. The SMILES string of the molecule is OC(Cc1ccnc2ccccc12)c1csc(I)c1. The van der Waals surface area contributed by atoms with Gasteiger partial charge in [0.25, 0.3) is 0 Å². The molecule has 0 aliphatic carbocycles. The Hall–Kier alpha value is -0.980. The molecule has 0 fully saturated rings. The molecule has 0 saturated heterocycles. The van der Waals surface area contributed by atoms with Gasteiger partial charge in [-0.05, 0) is 57.3 Å². The minimum absolute atomic E-state index is 0.453. The van der Waals surface area contributed by atoms with Gasteiger partial charge in [0.15, 0.2) is 0 Å². The molecule has 3 aromatic rings. The number of aliphatic hydroxyl groups excluding tert-OH is 1. The first-order valence-electron chi connectivity index (χ1n) is 5.98. The number of benzene rings is 1. The average Bonchev–Trinajstić information content (AvgIpc) is 2.86. The molecule has 2 aromatic heterocycles. The van der Waals surface area contributed by atoms with Gasteiger partial charge < -0.3 is 5.11 Å². The Balaban J connectivity index is 1.93. The second kappa shape index (κ2) is 5.56. The summed E-state index contributed by atoms with van der Waals surface area (Å²) in [5.74, 6) is 0. The van der Waals surface area contributed by atoms with E-state index < -0.39 is 6.10 Å². The van der Waals surface area contributed by atoms with E-state index in [1.165, 1.54) is 2.88 Å². The summed E-state index contributed by atoms with van der Waals surface area (Å²) in [5.41, 5.74) is 3.11. The number of para-hydroxylation sites is 1. The van der Waals surface area contributed by atoms with Gasteiger partial charge in [-0.15, -0.1) is 11.3 Å². The Labute approximate surface area is 129 Å². The van der Waals surface area contributed by atoms with Gasteiger partial charge in [-0.3, -0.25) is 4.98 Å². The lowest BCUT2D eigenvalue weighted by Gasteiger charge is -2.11. The maximum Gasteiger partial charge on any atom is 0.0839 e. The molecule has 96 valence electrons. The smallest absolute Gasteiger partial charge is 0.0839 e. The van der Waals surface area contributed by atoms with E-state index in [0.29, 0.717) is 6.42 Å². The molecule has 4 heteroatoms. The Morgan fingerprint density at radius 1 is 1.26 bits per heavy atom. The van der Waals surface area contributed by atoms with Crippen LogP contribution in [-0.2, 0) is 6.42 Å². The first kappa shape index (κ1) is 13.0. The van der Waals surface area contributed by atoms with Gasteiger partial charge in [-0.2, -0.15) is 0 Å². The van der Waals surface area contributed by atoms with E-state index >= 15 is 0 Å². The van der Waals surface area contributed by atoms with Crippen molar-refractivity contribution in [2.45, 2.75) is 12.5 Å². The van der Waals surface area contributed by atoms with Crippen molar-refractivity contribution in [2.24, 2.45) is 0 Å². The van der Waals surface area contributed by atoms with Crippen LogP contribution in [0, 0.1) is 2.88 Å². The second-order valence-electron chi connectivity index (χ2n) is 4.39.